The number of hydrogen-bond acceptors (Lipinski definition) is 2. The zero-order valence-electron chi connectivity index (χ0n) is 11.6. The standard InChI is InChI=1S/C15H20FN3/c1-11(2)19-10-17-8-15(19)9-18-12(3)13-4-6-14(16)7-5-13/h4-8,10-12,18H,9H2,1-3H3/t12-/m1/s1. The summed E-state index contributed by atoms with van der Waals surface area (Å²) in [6.07, 6.45) is 3.73. The van der Waals surface area contributed by atoms with E-state index in [1.54, 1.807) is 0 Å². The monoisotopic (exact) mass is 261 g/mol. The van der Waals surface area contributed by atoms with Gasteiger partial charge in [0.2, 0.25) is 0 Å². The largest absolute Gasteiger partial charge is 0.331 e. The van der Waals surface area contributed by atoms with Crippen LogP contribution >= 0.6 is 0 Å². The lowest BCUT2D eigenvalue weighted by molar-refractivity contribution is 0.517. The van der Waals surface area contributed by atoms with Gasteiger partial charge in [0.1, 0.15) is 5.82 Å². The molecule has 3 nitrogen and oxygen atoms in total. The van der Waals surface area contributed by atoms with Crippen LogP contribution in [0.15, 0.2) is 36.8 Å². The van der Waals surface area contributed by atoms with Crippen LogP contribution in [0.3, 0.4) is 0 Å². The van der Waals surface area contributed by atoms with Gasteiger partial charge >= 0.3 is 0 Å². The van der Waals surface area contributed by atoms with E-state index in [0.717, 1.165) is 17.8 Å². The summed E-state index contributed by atoms with van der Waals surface area (Å²) in [5.41, 5.74) is 2.24. The van der Waals surface area contributed by atoms with Crippen LogP contribution in [0, 0.1) is 5.82 Å². The zero-order chi connectivity index (χ0) is 13.8. The molecule has 1 atom stereocenters. The normalized spacial score (nSPS) is 12.9. The predicted molar refractivity (Wildman–Crippen MR) is 74.3 cm³/mol. The minimum absolute atomic E-state index is 0.177. The topological polar surface area (TPSA) is 29.9 Å². The summed E-state index contributed by atoms with van der Waals surface area (Å²) < 4.78 is 15.0. The molecule has 0 spiro atoms. The smallest absolute Gasteiger partial charge is 0.123 e. The molecule has 2 rings (SSSR count). The van der Waals surface area contributed by atoms with Crippen molar-refractivity contribution in [2.75, 3.05) is 0 Å². The molecule has 0 aliphatic carbocycles. The van der Waals surface area contributed by atoms with Gasteiger partial charge in [-0.15, -0.1) is 0 Å². The number of imidazole rings is 1. The third-order valence-corrected chi connectivity index (χ3v) is 3.26. The van der Waals surface area contributed by atoms with Crippen LogP contribution in [0.25, 0.3) is 0 Å². The molecule has 0 aliphatic heterocycles. The molecule has 0 unspecified atom stereocenters. The number of benzene rings is 1. The Kier molecular flexibility index (Phi) is 4.32. The third-order valence-electron chi connectivity index (χ3n) is 3.26. The molecule has 0 saturated heterocycles. The Labute approximate surface area is 113 Å². The highest BCUT2D eigenvalue weighted by atomic mass is 19.1. The molecule has 2 aromatic rings. The second kappa shape index (κ2) is 5.97. The molecule has 0 radical (unpaired) electrons. The van der Waals surface area contributed by atoms with Crippen molar-refractivity contribution in [2.45, 2.75) is 39.4 Å². The summed E-state index contributed by atoms with van der Waals surface area (Å²) in [6.45, 7) is 7.09. The van der Waals surface area contributed by atoms with E-state index in [1.807, 2.05) is 24.7 Å². The van der Waals surface area contributed by atoms with Crippen molar-refractivity contribution in [2.24, 2.45) is 0 Å². The van der Waals surface area contributed by atoms with Crippen LogP contribution in [-0.4, -0.2) is 9.55 Å². The molecule has 0 saturated carbocycles. The molecular formula is C15H20FN3. The Morgan fingerprint density at radius 1 is 1.21 bits per heavy atom. The number of rotatable bonds is 5. The fourth-order valence-corrected chi connectivity index (χ4v) is 2.06. The van der Waals surface area contributed by atoms with Crippen molar-refractivity contribution in [1.82, 2.24) is 14.9 Å². The first-order valence-electron chi connectivity index (χ1n) is 6.57. The Morgan fingerprint density at radius 2 is 1.89 bits per heavy atom. The molecule has 0 amide bonds. The fraction of sp³-hybridized carbons (Fsp3) is 0.400. The van der Waals surface area contributed by atoms with Gasteiger partial charge in [0, 0.05) is 24.8 Å². The third kappa shape index (κ3) is 3.41. The van der Waals surface area contributed by atoms with Crippen LogP contribution in [0.5, 0.6) is 0 Å². The van der Waals surface area contributed by atoms with Gasteiger partial charge in [-0.25, -0.2) is 9.37 Å². The Hall–Kier alpha value is -1.68. The van der Waals surface area contributed by atoms with Gasteiger partial charge in [-0.1, -0.05) is 12.1 Å². The van der Waals surface area contributed by atoms with E-state index < -0.39 is 0 Å². The SMILES string of the molecule is CC(C)n1cncc1CN[C@H](C)c1ccc(F)cc1. The summed E-state index contributed by atoms with van der Waals surface area (Å²) >= 11 is 0. The molecule has 1 N–H and O–H groups in total. The van der Waals surface area contributed by atoms with Crippen molar-refractivity contribution in [3.05, 3.63) is 53.9 Å². The Bertz CT molecular complexity index is 516. The number of hydrogen-bond donors (Lipinski definition) is 1. The van der Waals surface area contributed by atoms with E-state index in [-0.39, 0.29) is 11.9 Å². The van der Waals surface area contributed by atoms with Crippen LogP contribution in [0.2, 0.25) is 0 Å². The number of aromatic nitrogens is 2. The van der Waals surface area contributed by atoms with Crippen molar-refractivity contribution < 1.29 is 4.39 Å². The summed E-state index contributed by atoms with van der Waals surface area (Å²) in [7, 11) is 0. The van der Waals surface area contributed by atoms with E-state index in [1.165, 1.54) is 12.1 Å². The average Bonchev–Trinajstić information content (AvgIpc) is 2.85. The van der Waals surface area contributed by atoms with Gasteiger partial charge in [-0.2, -0.15) is 0 Å². The van der Waals surface area contributed by atoms with Crippen LogP contribution in [0.4, 0.5) is 4.39 Å². The van der Waals surface area contributed by atoms with Crippen LogP contribution in [-0.2, 0) is 6.54 Å². The van der Waals surface area contributed by atoms with Crippen molar-refractivity contribution in [3.63, 3.8) is 0 Å². The quantitative estimate of drug-likeness (QED) is 0.893. The molecular weight excluding hydrogens is 241 g/mol. The van der Waals surface area contributed by atoms with Gasteiger partial charge in [0.25, 0.3) is 0 Å². The van der Waals surface area contributed by atoms with Crippen molar-refractivity contribution >= 4 is 0 Å². The number of halogens is 1. The highest BCUT2D eigenvalue weighted by molar-refractivity contribution is 5.19. The van der Waals surface area contributed by atoms with Crippen LogP contribution < -0.4 is 5.32 Å². The van der Waals surface area contributed by atoms with Crippen molar-refractivity contribution in [1.29, 1.82) is 0 Å². The Morgan fingerprint density at radius 3 is 2.53 bits per heavy atom. The first kappa shape index (κ1) is 13.7. The molecule has 1 heterocycles. The lowest BCUT2D eigenvalue weighted by Gasteiger charge is -2.16. The molecule has 4 heteroatoms. The second-order valence-electron chi connectivity index (χ2n) is 5.04. The van der Waals surface area contributed by atoms with E-state index >= 15 is 0 Å². The molecule has 19 heavy (non-hydrogen) atoms. The first-order chi connectivity index (χ1) is 9.08. The number of nitrogens with one attached hydrogen (secondary N) is 1. The van der Waals surface area contributed by atoms with Gasteiger partial charge in [-0.05, 0) is 38.5 Å². The lowest BCUT2D eigenvalue weighted by atomic mass is 10.1. The molecule has 1 aromatic carbocycles. The minimum atomic E-state index is -0.200. The lowest BCUT2D eigenvalue weighted by Crippen LogP contribution is -2.20. The first-order valence-corrected chi connectivity index (χ1v) is 6.57. The molecule has 0 bridgehead atoms. The highest BCUT2D eigenvalue weighted by Gasteiger charge is 2.08. The maximum absolute atomic E-state index is 12.9. The average molecular weight is 261 g/mol. The summed E-state index contributed by atoms with van der Waals surface area (Å²) in [5, 5.41) is 3.43. The predicted octanol–water partition coefficient (Wildman–Crippen LogP) is 3.45. The van der Waals surface area contributed by atoms with Gasteiger partial charge in [-0.3, -0.25) is 0 Å². The minimum Gasteiger partial charge on any atom is -0.331 e. The molecule has 0 aliphatic rings. The zero-order valence-corrected chi connectivity index (χ0v) is 11.6. The van der Waals surface area contributed by atoms with Crippen LogP contribution in [0.1, 0.15) is 44.1 Å². The fourth-order valence-electron chi connectivity index (χ4n) is 2.06. The van der Waals surface area contributed by atoms with E-state index in [4.69, 9.17) is 0 Å². The molecule has 102 valence electrons. The number of nitrogens with zero attached hydrogens (tertiary/aromatic N) is 2. The summed E-state index contributed by atoms with van der Waals surface area (Å²) in [6, 6.07) is 7.19. The van der Waals surface area contributed by atoms with E-state index in [9.17, 15) is 4.39 Å². The van der Waals surface area contributed by atoms with Gasteiger partial charge < -0.3 is 9.88 Å². The molecule has 0 fully saturated rings. The summed E-state index contributed by atoms with van der Waals surface area (Å²) in [5.74, 6) is -0.200. The maximum Gasteiger partial charge on any atom is 0.123 e. The van der Waals surface area contributed by atoms with E-state index in [2.05, 4.69) is 35.6 Å². The van der Waals surface area contributed by atoms with Crippen molar-refractivity contribution in [3.8, 4) is 0 Å². The van der Waals surface area contributed by atoms with Gasteiger partial charge in [0.05, 0.1) is 12.0 Å². The van der Waals surface area contributed by atoms with E-state index in [0.29, 0.717) is 6.04 Å². The molecule has 1 aromatic heterocycles. The maximum atomic E-state index is 12.9. The second-order valence-corrected chi connectivity index (χ2v) is 5.04. The highest BCUT2D eigenvalue weighted by Crippen LogP contribution is 2.15. The van der Waals surface area contributed by atoms with Gasteiger partial charge in [0.15, 0.2) is 0 Å². The summed E-state index contributed by atoms with van der Waals surface area (Å²) in [4.78, 5) is 4.18. The Balaban J connectivity index is 1.98.